The summed E-state index contributed by atoms with van der Waals surface area (Å²) in [7, 11) is 0. The normalized spacial score (nSPS) is 17.2. The van der Waals surface area contributed by atoms with Gasteiger partial charge in [0.25, 0.3) is 5.69 Å². The summed E-state index contributed by atoms with van der Waals surface area (Å²) >= 11 is 0. The molecule has 0 bridgehead atoms. The van der Waals surface area contributed by atoms with E-state index in [2.05, 4.69) is 17.6 Å². The molecule has 116 valence electrons. The minimum Gasteiger partial charge on any atom is -0.385 e. The predicted octanol–water partition coefficient (Wildman–Crippen LogP) is 3.25. The minimum atomic E-state index is -0.356. The summed E-state index contributed by atoms with van der Waals surface area (Å²) in [6.45, 7) is 6.43. The van der Waals surface area contributed by atoms with Crippen molar-refractivity contribution in [1.82, 2.24) is 0 Å². The zero-order chi connectivity index (χ0) is 15.2. The molecule has 1 unspecified atom stereocenters. The lowest BCUT2D eigenvalue weighted by Gasteiger charge is -2.29. The lowest BCUT2D eigenvalue weighted by molar-refractivity contribution is -0.384. The number of rotatable bonds is 6. The van der Waals surface area contributed by atoms with Crippen LogP contribution in [0.3, 0.4) is 0 Å². The Morgan fingerprint density at radius 1 is 1.33 bits per heavy atom. The molecule has 2 N–H and O–H groups in total. The van der Waals surface area contributed by atoms with Crippen LogP contribution in [-0.4, -0.2) is 30.7 Å². The van der Waals surface area contributed by atoms with Crippen LogP contribution in [0.2, 0.25) is 0 Å². The fourth-order valence-electron chi connectivity index (χ4n) is 2.70. The van der Waals surface area contributed by atoms with Crippen LogP contribution < -0.4 is 10.6 Å². The number of benzene rings is 1. The number of ether oxygens (including phenoxy) is 1. The number of nitrogens with zero attached hydrogens (tertiary/aromatic N) is 1. The second-order valence-electron chi connectivity index (χ2n) is 5.44. The molecule has 1 aromatic rings. The highest BCUT2D eigenvalue weighted by atomic mass is 16.6. The van der Waals surface area contributed by atoms with Crippen molar-refractivity contribution >= 4 is 17.1 Å². The summed E-state index contributed by atoms with van der Waals surface area (Å²) in [4.78, 5) is 10.7. The topological polar surface area (TPSA) is 76.4 Å². The smallest absolute Gasteiger partial charge is 0.273 e. The van der Waals surface area contributed by atoms with E-state index in [-0.39, 0.29) is 16.7 Å². The highest BCUT2D eigenvalue weighted by molar-refractivity contribution is 5.63. The maximum absolute atomic E-state index is 11.0. The van der Waals surface area contributed by atoms with E-state index in [9.17, 15) is 10.1 Å². The van der Waals surface area contributed by atoms with E-state index in [1.807, 2.05) is 13.0 Å². The van der Waals surface area contributed by atoms with Crippen molar-refractivity contribution in [3.8, 4) is 0 Å². The Bertz CT molecular complexity index is 487. The molecule has 21 heavy (non-hydrogen) atoms. The second-order valence-corrected chi connectivity index (χ2v) is 5.44. The van der Waals surface area contributed by atoms with Gasteiger partial charge in [-0.15, -0.1) is 0 Å². The molecule has 0 saturated carbocycles. The van der Waals surface area contributed by atoms with Crippen molar-refractivity contribution in [2.24, 2.45) is 5.92 Å². The third-order valence-electron chi connectivity index (χ3n) is 3.88. The summed E-state index contributed by atoms with van der Waals surface area (Å²) < 4.78 is 5.37. The molecule has 6 nitrogen and oxygen atoms in total. The van der Waals surface area contributed by atoms with Crippen LogP contribution in [0.25, 0.3) is 0 Å². The van der Waals surface area contributed by atoms with Gasteiger partial charge in [0, 0.05) is 49.3 Å². The molecule has 1 fully saturated rings. The summed E-state index contributed by atoms with van der Waals surface area (Å²) in [5.41, 5.74) is 1.67. The first kappa shape index (κ1) is 15.6. The van der Waals surface area contributed by atoms with Gasteiger partial charge in [-0.2, -0.15) is 0 Å². The van der Waals surface area contributed by atoms with Gasteiger partial charge in [0.15, 0.2) is 0 Å². The third-order valence-corrected chi connectivity index (χ3v) is 3.88. The van der Waals surface area contributed by atoms with Crippen LogP contribution >= 0.6 is 0 Å². The van der Waals surface area contributed by atoms with E-state index in [4.69, 9.17) is 4.74 Å². The second kappa shape index (κ2) is 7.26. The Kier molecular flexibility index (Phi) is 5.38. The Hall–Kier alpha value is -1.82. The molecule has 1 aliphatic rings. The number of nitro benzene ring substituents is 1. The molecule has 0 aliphatic carbocycles. The fraction of sp³-hybridized carbons (Fsp3) is 0.600. The number of non-ortho nitro benzene ring substituents is 1. The highest BCUT2D eigenvalue weighted by Crippen LogP contribution is 2.27. The Morgan fingerprint density at radius 3 is 2.62 bits per heavy atom. The lowest BCUT2D eigenvalue weighted by Crippen LogP contribution is -2.31. The predicted molar refractivity (Wildman–Crippen MR) is 83.9 cm³/mol. The van der Waals surface area contributed by atoms with Gasteiger partial charge in [0.1, 0.15) is 0 Å². The van der Waals surface area contributed by atoms with Crippen molar-refractivity contribution < 1.29 is 9.66 Å². The van der Waals surface area contributed by atoms with E-state index in [0.29, 0.717) is 5.92 Å². The molecule has 0 radical (unpaired) electrons. The quantitative estimate of drug-likeness (QED) is 0.622. The van der Waals surface area contributed by atoms with Crippen LogP contribution in [0, 0.1) is 16.0 Å². The maximum atomic E-state index is 11.0. The zero-order valence-electron chi connectivity index (χ0n) is 12.6. The SMILES string of the molecule is CCNc1cc(NC(C)C2CCOCC2)cc([N+](=O)[O-])c1. The van der Waals surface area contributed by atoms with Crippen molar-refractivity contribution in [1.29, 1.82) is 0 Å². The van der Waals surface area contributed by atoms with E-state index in [0.717, 1.165) is 44.0 Å². The molecule has 0 spiro atoms. The Balaban J connectivity index is 2.11. The van der Waals surface area contributed by atoms with Crippen molar-refractivity contribution in [2.75, 3.05) is 30.4 Å². The van der Waals surface area contributed by atoms with Crippen LogP contribution in [0.4, 0.5) is 17.1 Å². The van der Waals surface area contributed by atoms with Crippen molar-refractivity contribution in [3.63, 3.8) is 0 Å². The number of nitro groups is 1. The van der Waals surface area contributed by atoms with Gasteiger partial charge < -0.3 is 15.4 Å². The minimum absolute atomic E-state index is 0.107. The Labute approximate surface area is 125 Å². The first-order chi connectivity index (χ1) is 10.1. The van der Waals surface area contributed by atoms with Gasteiger partial charge in [-0.05, 0) is 38.7 Å². The summed E-state index contributed by atoms with van der Waals surface area (Å²) in [5, 5.41) is 17.6. The van der Waals surface area contributed by atoms with Crippen LogP contribution in [0.15, 0.2) is 18.2 Å². The van der Waals surface area contributed by atoms with Gasteiger partial charge in [-0.3, -0.25) is 10.1 Å². The van der Waals surface area contributed by atoms with Crippen LogP contribution in [0.1, 0.15) is 26.7 Å². The molecule has 0 amide bonds. The van der Waals surface area contributed by atoms with Crippen molar-refractivity contribution in [3.05, 3.63) is 28.3 Å². The molecule has 0 aromatic heterocycles. The number of anilines is 2. The van der Waals surface area contributed by atoms with Gasteiger partial charge >= 0.3 is 0 Å². The summed E-state index contributed by atoms with van der Waals surface area (Å²) in [6.07, 6.45) is 2.06. The van der Waals surface area contributed by atoms with Crippen molar-refractivity contribution in [2.45, 2.75) is 32.7 Å². The van der Waals surface area contributed by atoms with Gasteiger partial charge in [0.05, 0.1) is 4.92 Å². The average Bonchev–Trinajstić information content (AvgIpc) is 2.48. The Morgan fingerprint density at radius 2 is 2.00 bits per heavy atom. The maximum Gasteiger partial charge on any atom is 0.273 e. The molecular weight excluding hydrogens is 270 g/mol. The van der Waals surface area contributed by atoms with E-state index >= 15 is 0 Å². The number of hydrogen-bond donors (Lipinski definition) is 2. The third kappa shape index (κ3) is 4.32. The van der Waals surface area contributed by atoms with Gasteiger partial charge in [-0.1, -0.05) is 0 Å². The van der Waals surface area contributed by atoms with E-state index in [1.165, 1.54) is 0 Å². The molecule has 1 heterocycles. The molecule has 1 aromatic carbocycles. The molecule has 1 saturated heterocycles. The average molecular weight is 293 g/mol. The standard InChI is InChI=1S/C15H23N3O3/c1-3-16-13-8-14(10-15(9-13)18(19)20)17-11(2)12-4-6-21-7-5-12/h8-12,16-17H,3-7H2,1-2H3. The van der Waals surface area contributed by atoms with E-state index in [1.54, 1.807) is 12.1 Å². The lowest BCUT2D eigenvalue weighted by atomic mass is 9.93. The zero-order valence-corrected chi connectivity index (χ0v) is 12.6. The molecular formula is C15H23N3O3. The molecule has 6 heteroatoms. The monoisotopic (exact) mass is 293 g/mol. The fourth-order valence-corrected chi connectivity index (χ4v) is 2.70. The largest absolute Gasteiger partial charge is 0.385 e. The van der Waals surface area contributed by atoms with Crippen LogP contribution in [0.5, 0.6) is 0 Å². The highest BCUT2D eigenvalue weighted by Gasteiger charge is 2.21. The van der Waals surface area contributed by atoms with Gasteiger partial charge in [-0.25, -0.2) is 0 Å². The molecule has 2 rings (SSSR count). The number of nitrogens with one attached hydrogen (secondary N) is 2. The summed E-state index contributed by atoms with van der Waals surface area (Å²) in [6, 6.07) is 5.35. The molecule has 1 atom stereocenters. The van der Waals surface area contributed by atoms with Gasteiger partial charge in [0.2, 0.25) is 0 Å². The van der Waals surface area contributed by atoms with E-state index < -0.39 is 0 Å². The first-order valence-electron chi connectivity index (χ1n) is 7.47. The first-order valence-corrected chi connectivity index (χ1v) is 7.47. The summed E-state index contributed by atoms with van der Waals surface area (Å²) in [5.74, 6) is 0.542. The number of hydrogen-bond acceptors (Lipinski definition) is 5. The molecule has 1 aliphatic heterocycles. The van der Waals surface area contributed by atoms with Crippen LogP contribution in [-0.2, 0) is 4.74 Å².